The lowest BCUT2D eigenvalue weighted by Gasteiger charge is -2.27. The van der Waals surface area contributed by atoms with Crippen molar-refractivity contribution in [2.24, 2.45) is 0 Å². The van der Waals surface area contributed by atoms with Gasteiger partial charge >= 0.3 is 11.4 Å². The van der Waals surface area contributed by atoms with Crippen molar-refractivity contribution in [3.05, 3.63) is 64.8 Å². The van der Waals surface area contributed by atoms with Crippen LogP contribution in [0.2, 0.25) is 0 Å². The lowest BCUT2D eigenvalue weighted by atomic mass is 10.1. The van der Waals surface area contributed by atoms with E-state index >= 15 is 0 Å². The predicted molar refractivity (Wildman–Crippen MR) is 129 cm³/mol. The molecule has 0 radical (unpaired) electrons. The Morgan fingerprint density at radius 3 is 1.47 bits per heavy atom. The summed E-state index contributed by atoms with van der Waals surface area (Å²) in [6.07, 6.45) is 0.468. The second kappa shape index (κ2) is 9.97. The van der Waals surface area contributed by atoms with E-state index in [-0.39, 0.29) is 12.2 Å². The summed E-state index contributed by atoms with van der Waals surface area (Å²) in [7, 11) is 0. The summed E-state index contributed by atoms with van der Waals surface area (Å²) < 4.78 is 2.66. The van der Waals surface area contributed by atoms with Gasteiger partial charge in [-0.1, -0.05) is 6.92 Å². The zero-order valence-electron chi connectivity index (χ0n) is 14.7. The van der Waals surface area contributed by atoms with E-state index in [4.69, 9.17) is 0 Å². The molecular formula is C15H9Br5N4O6. The van der Waals surface area contributed by atoms with Crippen molar-refractivity contribution in [2.75, 3.05) is 11.4 Å². The van der Waals surface area contributed by atoms with Gasteiger partial charge in [0.1, 0.15) is 0 Å². The molecule has 0 saturated heterocycles. The Bertz CT molecular complexity index is 1020. The molecule has 2 aromatic carbocycles. The van der Waals surface area contributed by atoms with Crippen molar-refractivity contribution in [2.45, 2.75) is 13.3 Å². The van der Waals surface area contributed by atoms with Crippen LogP contribution in [0, 0.1) is 30.3 Å². The summed E-state index contributed by atoms with van der Waals surface area (Å²) in [4.78, 5) is 33.4. The lowest BCUT2D eigenvalue weighted by Crippen LogP contribution is -2.22. The molecule has 10 nitrogen and oxygen atoms in total. The Balaban J connectivity index is 3.03. The summed E-state index contributed by atoms with van der Waals surface area (Å²) in [5.74, 6) is 0. The summed E-state index contributed by atoms with van der Waals surface area (Å²) in [6.45, 7) is 1.94. The molecule has 0 spiro atoms. The fourth-order valence-electron chi connectivity index (χ4n) is 2.64. The van der Waals surface area contributed by atoms with Crippen LogP contribution < -0.4 is 4.90 Å². The van der Waals surface area contributed by atoms with Gasteiger partial charge in [0.05, 0.1) is 41.5 Å². The third-order valence-corrected chi connectivity index (χ3v) is 9.88. The van der Waals surface area contributed by atoms with E-state index in [9.17, 15) is 30.3 Å². The fraction of sp³-hybridized carbons (Fsp3) is 0.200. The zero-order chi connectivity index (χ0) is 22.9. The van der Waals surface area contributed by atoms with E-state index in [2.05, 4.69) is 79.6 Å². The standard InChI is InChI=1S/C15H9Br5N4O6/c1-2-3-21(15-12(19)10(17)9(16)11(18)13(15)20)14-7(23(27)28)4-6(22(25)26)5-8(14)24(29)30/h4-5H,2-3H2,1H3. The number of nitro benzene ring substituents is 3. The number of nitro groups is 3. The Morgan fingerprint density at radius 2 is 1.13 bits per heavy atom. The Hall–Kier alpha value is -1.16. The van der Waals surface area contributed by atoms with E-state index in [0.717, 1.165) is 12.1 Å². The van der Waals surface area contributed by atoms with Gasteiger partial charge in [0.25, 0.3) is 5.69 Å². The molecule has 160 valence electrons. The van der Waals surface area contributed by atoms with Gasteiger partial charge in [0, 0.05) is 20.0 Å². The maximum absolute atomic E-state index is 11.8. The second-order valence-electron chi connectivity index (χ2n) is 5.67. The van der Waals surface area contributed by atoms with E-state index in [1.807, 2.05) is 0 Å². The molecule has 0 fully saturated rings. The lowest BCUT2D eigenvalue weighted by molar-refractivity contribution is -0.402. The number of non-ortho nitro benzene ring substituents is 1. The topological polar surface area (TPSA) is 133 Å². The monoisotopic (exact) mass is 736 g/mol. The number of hydrogen-bond acceptors (Lipinski definition) is 7. The van der Waals surface area contributed by atoms with E-state index in [0.29, 0.717) is 34.5 Å². The van der Waals surface area contributed by atoms with Gasteiger partial charge in [-0.05, 0) is 86.1 Å². The molecular weight excluding hydrogens is 732 g/mol. The highest BCUT2D eigenvalue weighted by molar-refractivity contribution is 9.15. The minimum atomic E-state index is -0.910. The number of anilines is 2. The number of rotatable bonds is 7. The molecule has 30 heavy (non-hydrogen) atoms. The van der Waals surface area contributed by atoms with E-state index in [1.54, 1.807) is 6.92 Å². The van der Waals surface area contributed by atoms with Crippen molar-refractivity contribution in [3.8, 4) is 0 Å². The maximum atomic E-state index is 11.8. The quantitative estimate of drug-likeness (QED) is 0.123. The SMILES string of the molecule is CCCN(c1c([N+](=O)[O-])cc([N+](=O)[O-])cc1[N+](=O)[O-])c1c(Br)c(Br)c(Br)c(Br)c1Br. The minimum absolute atomic E-state index is 0.150. The molecule has 0 aromatic heterocycles. The fourth-order valence-corrected chi connectivity index (χ4v) is 6.09. The number of benzene rings is 2. The van der Waals surface area contributed by atoms with Gasteiger partial charge in [0.2, 0.25) is 0 Å². The Morgan fingerprint density at radius 1 is 0.733 bits per heavy atom. The highest BCUT2D eigenvalue weighted by atomic mass is 79.9. The third kappa shape index (κ3) is 4.69. The third-order valence-electron chi connectivity index (χ3n) is 3.83. The van der Waals surface area contributed by atoms with Crippen molar-refractivity contribution in [3.63, 3.8) is 0 Å². The van der Waals surface area contributed by atoms with Crippen molar-refractivity contribution < 1.29 is 14.8 Å². The number of halogens is 5. The first-order chi connectivity index (χ1) is 13.9. The molecule has 0 atom stereocenters. The van der Waals surface area contributed by atoms with Crippen LogP contribution in [0.1, 0.15) is 13.3 Å². The van der Waals surface area contributed by atoms with Crippen LogP contribution in [-0.4, -0.2) is 21.3 Å². The van der Waals surface area contributed by atoms with Crippen molar-refractivity contribution in [1.82, 2.24) is 0 Å². The minimum Gasteiger partial charge on any atom is -0.328 e. The van der Waals surface area contributed by atoms with Gasteiger partial charge in [-0.15, -0.1) is 0 Å². The van der Waals surface area contributed by atoms with E-state index < -0.39 is 31.8 Å². The molecule has 0 bridgehead atoms. The van der Waals surface area contributed by atoms with Gasteiger partial charge in [-0.3, -0.25) is 30.3 Å². The number of nitrogens with zero attached hydrogens (tertiary/aromatic N) is 4. The van der Waals surface area contributed by atoms with Gasteiger partial charge < -0.3 is 4.90 Å². The first-order valence-electron chi connectivity index (χ1n) is 7.84. The van der Waals surface area contributed by atoms with Gasteiger partial charge in [0.15, 0.2) is 5.69 Å². The van der Waals surface area contributed by atoms with Crippen LogP contribution in [0.5, 0.6) is 0 Å². The first-order valence-corrected chi connectivity index (χ1v) is 11.8. The largest absolute Gasteiger partial charge is 0.328 e. The predicted octanol–water partition coefficient (Wildman–Crippen LogP) is 7.77. The molecule has 0 aliphatic carbocycles. The molecule has 15 heteroatoms. The second-order valence-corrected chi connectivity index (χ2v) is 9.64. The first kappa shape index (κ1) is 25.1. The smallest absolute Gasteiger partial charge is 0.306 e. The van der Waals surface area contributed by atoms with E-state index in [1.165, 1.54) is 4.90 Å². The zero-order valence-corrected chi connectivity index (χ0v) is 22.6. The van der Waals surface area contributed by atoms with Crippen molar-refractivity contribution >= 4 is 108 Å². The molecule has 0 aliphatic rings. The van der Waals surface area contributed by atoms with Crippen LogP contribution in [0.15, 0.2) is 34.5 Å². The molecule has 0 saturated carbocycles. The van der Waals surface area contributed by atoms with Crippen molar-refractivity contribution in [1.29, 1.82) is 0 Å². The highest BCUT2D eigenvalue weighted by Gasteiger charge is 2.36. The van der Waals surface area contributed by atoms with Gasteiger partial charge in [-0.2, -0.15) is 0 Å². The molecule has 0 amide bonds. The molecule has 0 N–H and O–H groups in total. The Kier molecular flexibility index (Phi) is 8.35. The average Bonchev–Trinajstić information content (AvgIpc) is 2.69. The molecule has 0 aliphatic heterocycles. The summed E-state index contributed by atoms with van der Waals surface area (Å²) in [5, 5.41) is 34.7. The summed E-state index contributed by atoms with van der Waals surface area (Å²) in [5.41, 5.74) is -2.25. The van der Waals surface area contributed by atoms with Crippen LogP contribution >= 0.6 is 79.6 Å². The van der Waals surface area contributed by atoms with Crippen LogP contribution in [0.25, 0.3) is 0 Å². The normalized spacial score (nSPS) is 10.7. The summed E-state index contributed by atoms with van der Waals surface area (Å²) >= 11 is 17.1. The number of hydrogen-bond donors (Lipinski definition) is 0. The molecule has 2 aromatic rings. The molecule has 0 heterocycles. The molecule has 0 unspecified atom stereocenters. The average molecular weight is 741 g/mol. The molecule has 2 rings (SSSR count). The van der Waals surface area contributed by atoms with Crippen LogP contribution in [0.4, 0.5) is 28.4 Å². The Labute approximate surface area is 211 Å². The van der Waals surface area contributed by atoms with Crippen LogP contribution in [0.3, 0.4) is 0 Å². The van der Waals surface area contributed by atoms with Crippen LogP contribution in [-0.2, 0) is 0 Å². The highest BCUT2D eigenvalue weighted by Crippen LogP contribution is 2.53. The van der Waals surface area contributed by atoms with Gasteiger partial charge in [-0.25, -0.2) is 0 Å². The summed E-state index contributed by atoms with van der Waals surface area (Å²) in [6, 6.07) is 1.44. The maximum Gasteiger partial charge on any atom is 0.306 e.